The van der Waals surface area contributed by atoms with Crippen LogP contribution in [0.4, 0.5) is 0 Å². The lowest BCUT2D eigenvalue weighted by atomic mass is 9.78. The molecule has 0 amide bonds. The van der Waals surface area contributed by atoms with Crippen LogP contribution in [0.1, 0.15) is 19.3 Å². The largest absolute Gasteiger partial charge is 0.326 e. The molecule has 2 bridgehead atoms. The monoisotopic (exact) mass is 126 g/mol. The van der Waals surface area contributed by atoms with Gasteiger partial charge in [-0.3, -0.25) is 0 Å². The maximum atomic E-state index is 5.86. The number of nitrogens with one attached hydrogen (secondary N) is 1. The summed E-state index contributed by atoms with van der Waals surface area (Å²) in [6.07, 6.45) is 3.98. The molecule has 2 nitrogen and oxygen atoms in total. The molecule has 0 radical (unpaired) electrons. The van der Waals surface area contributed by atoms with Crippen LogP contribution in [0.2, 0.25) is 0 Å². The van der Waals surface area contributed by atoms with Gasteiger partial charge in [0.05, 0.1) is 0 Å². The molecule has 2 heterocycles. The number of fused-ring (bicyclic) bond motifs is 3. The summed E-state index contributed by atoms with van der Waals surface area (Å²) in [6, 6.07) is 1.10. The predicted octanol–water partition coefficient (Wildman–Crippen LogP) is 0.0856. The average Bonchev–Trinajstić information content (AvgIpc) is 1.90. The minimum absolute atomic E-state index is 0.456. The third-order valence-corrected chi connectivity index (χ3v) is 2.68. The van der Waals surface area contributed by atoms with Crippen molar-refractivity contribution in [2.45, 2.75) is 31.3 Å². The zero-order chi connectivity index (χ0) is 6.27. The quantitative estimate of drug-likeness (QED) is 0.482. The van der Waals surface area contributed by atoms with Gasteiger partial charge in [-0.15, -0.1) is 0 Å². The van der Waals surface area contributed by atoms with Crippen molar-refractivity contribution >= 4 is 0 Å². The second-order valence-corrected chi connectivity index (χ2v) is 3.36. The first-order chi connectivity index (χ1) is 4.36. The molecule has 0 aromatic carbocycles. The molecular formula is C7H14N2. The van der Waals surface area contributed by atoms with E-state index < -0.39 is 0 Å². The summed E-state index contributed by atoms with van der Waals surface area (Å²) >= 11 is 0. The van der Waals surface area contributed by atoms with Crippen molar-refractivity contribution in [2.24, 2.45) is 11.7 Å². The highest BCUT2D eigenvalue weighted by atomic mass is 15.0. The van der Waals surface area contributed by atoms with Crippen LogP contribution in [0.15, 0.2) is 0 Å². The Hall–Kier alpha value is -0.0800. The number of nitrogens with two attached hydrogens (primary N) is 1. The molecule has 0 spiro atoms. The Kier molecular flexibility index (Phi) is 1.24. The van der Waals surface area contributed by atoms with Crippen LogP contribution in [0.3, 0.4) is 0 Å². The fraction of sp³-hybridized carbons (Fsp3) is 1.00. The van der Waals surface area contributed by atoms with Gasteiger partial charge in [0, 0.05) is 12.1 Å². The third-order valence-electron chi connectivity index (χ3n) is 2.68. The summed E-state index contributed by atoms with van der Waals surface area (Å²) in [5.41, 5.74) is 5.86. The van der Waals surface area contributed by atoms with Gasteiger partial charge in [-0.1, -0.05) is 0 Å². The van der Waals surface area contributed by atoms with Gasteiger partial charge >= 0.3 is 0 Å². The van der Waals surface area contributed by atoms with Crippen molar-refractivity contribution in [1.82, 2.24) is 5.32 Å². The predicted molar refractivity (Wildman–Crippen MR) is 37.1 cm³/mol. The van der Waals surface area contributed by atoms with Crippen LogP contribution in [-0.2, 0) is 0 Å². The molecule has 3 N–H and O–H groups in total. The standard InChI is InChI=1S/C7H14N2/c8-6-3-5-1-2-7(6)9-4-5/h5-7,9H,1-4,8H2. The van der Waals surface area contributed by atoms with Gasteiger partial charge in [-0.2, -0.15) is 0 Å². The summed E-state index contributed by atoms with van der Waals surface area (Å²) in [5.74, 6) is 0.894. The molecule has 1 saturated carbocycles. The molecule has 3 unspecified atom stereocenters. The normalized spacial score (nSPS) is 49.7. The second-order valence-electron chi connectivity index (χ2n) is 3.36. The highest BCUT2D eigenvalue weighted by Crippen LogP contribution is 2.27. The van der Waals surface area contributed by atoms with Crippen LogP contribution < -0.4 is 11.1 Å². The SMILES string of the molecule is NC1CC2CCC1NC2. The molecule has 2 saturated heterocycles. The lowest BCUT2D eigenvalue weighted by Crippen LogP contribution is -2.56. The van der Waals surface area contributed by atoms with E-state index in [0.717, 1.165) is 5.92 Å². The first-order valence-corrected chi connectivity index (χ1v) is 3.85. The first-order valence-electron chi connectivity index (χ1n) is 3.85. The van der Waals surface area contributed by atoms with E-state index in [1.807, 2.05) is 0 Å². The van der Waals surface area contributed by atoms with E-state index >= 15 is 0 Å². The minimum Gasteiger partial charge on any atom is -0.326 e. The molecule has 3 fully saturated rings. The van der Waals surface area contributed by atoms with E-state index in [1.165, 1.54) is 25.8 Å². The zero-order valence-corrected chi connectivity index (χ0v) is 5.64. The van der Waals surface area contributed by atoms with Gasteiger partial charge in [0.2, 0.25) is 0 Å². The van der Waals surface area contributed by atoms with Crippen molar-refractivity contribution in [3.8, 4) is 0 Å². The van der Waals surface area contributed by atoms with Gasteiger partial charge in [0.25, 0.3) is 0 Å². The molecule has 3 rings (SSSR count). The number of piperidine rings is 2. The van der Waals surface area contributed by atoms with Crippen LogP contribution in [0.5, 0.6) is 0 Å². The summed E-state index contributed by atoms with van der Waals surface area (Å²) in [6.45, 7) is 1.22. The Labute approximate surface area is 55.8 Å². The molecule has 1 aliphatic carbocycles. The summed E-state index contributed by atoms with van der Waals surface area (Å²) in [4.78, 5) is 0. The summed E-state index contributed by atoms with van der Waals surface area (Å²) in [7, 11) is 0. The van der Waals surface area contributed by atoms with E-state index in [0.29, 0.717) is 12.1 Å². The Morgan fingerprint density at radius 2 is 2.22 bits per heavy atom. The number of hydrogen-bond donors (Lipinski definition) is 2. The average molecular weight is 126 g/mol. The molecule has 9 heavy (non-hydrogen) atoms. The van der Waals surface area contributed by atoms with Crippen LogP contribution in [0, 0.1) is 5.92 Å². The van der Waals surface area contributed by atoms with Gasteiger partial charge in [-0.05, 0) is 31.7 Å². The Balaban J connectivity index is 2.06. The van der Waals surface area contributed by atoms with Crippen molar-refractivity contribution < 1.29 is 0 Å². The van der Waals surface area contributed by atoms with Crippen molar-refractivity contribution in [1.29, 1.82) is 0 Å². The van der Waals surface area contributed by atoms with E-state index in [2.05, 4.69) is 5.32 Å². The minimum atomic E-state index is 0.456. The molecule has 3 atom stereocenters. The van der Waals surface area contributed by atoms with Gasteiger partial charge in [0.15, 0.2) is 0 Å². The Bertz CT molecular complexity index is 105. The lowest BCUT2D eigenvalue weighted by molar-refractivity contribution is 0.185. The topological polar surface area (TPSA) is 38.0 Å². The van der Waals surface area contributed by atoms with Crippen molar-refractivity contribution in [3.05, 3.63) is 0 Å². The smallest absolute Gasteiger partial charge is 0.0219 e. The fourth-order valence-electron chi connectivity index (χ4n) is 2.05. The summed E-state index contributed by atoms with van der Waals surface area (Å²) in [5, 5.41) is 3.44. The number of hydrogen-bond acceptors (Lipinski definition) is 2. The zero-order valence-electron chi connectivity index (χ0n) is 5.64. The highest BCUT2D eigenvalue weighted by Gasteiger charge is 2.32. The molecule has 52 valence electrons. The Morgan fingerprint density at radius 1 is 1.33 bits per heavy atom. The molecule has 2 heteroatoms. The third kappa shape index (κ3) is 0.864. The fourth-order valence-corrected chi connectivity index (χ4v) is 2.05. The highest BCUT2D eigenvalue weighted by molar-refractivity contribution is 4.93. The van der Waals surface area contributed by atoms with E-state index in [1.54, 1.807) is 0 Å². The van der Waals surface area contributed by atoms with Gasteiger partial charge in [0.1, 0.15) is 0 Å². The maximum absolute atomic E-state index is 5.86. The van der Waals surface area contributed by atoms with Gasteiger partial charge in [-0.25, -0.2) is 0 Å². The van der Waals surface area contributed by atoms with Crippen LogP contribution in [-0.4, -0.2) is 18.6 Å². The Morgan fingerprint density at radius 3 is 2.44 bits per heavy atom. The molecular weight excluding hydrogens is 112 g/mol. The van der Waals surface area contributed by atoms with E-state index in [4.69, 9.17) is 5.73 Å². The number of rotatable bonds is 0. The van der Waals surface area contributed by atoms with E-state index in [-0.39, 0.29) is 0 Å². The lowest BCUT2D eigenvalue weighted by Gasteiger charge is -2.41. The molecule has 2 aliphatic heterocycles. The molecule has 0 aromatic heterocycles. The second kappa shape index (κ2) is 1.96. The molecule has 3 aliphatic rings. The first kappa shape index (κ1) is 5.69. The van der Waals surface area contributed by atoms with Crippen molar-refractivity contribution in [3.63, 3.8) is 0 Å². The van der Waals surface area contributed by atoms with Crippen molar-refractivity contribution in [2.75, 3.05) is 6.54 Å². The van der Waals surface area contributed by atoms with Crippen LogP contribution in [0.25, 0.3) is 0 Å². The molecule has 0 aromatic rings. The summed E-state index contributed by atoms with van der Waals surface area (Å²) < 4.78 is 0. The van der Waals surface area contributed by atoms with Crippen LogP contribution >= 0.6 is 0 Å². The maximum Gasteiger partial charge on any atom is 0.0219 e. The van der Waals surface area contributed by atoms with E-state index in [9.17, 15) is 0 Å². The van der Waals surface area contributed by atoms with Gasteiger partial charge < -0.3 is 11.1 Å².